The van der Waals surface area contributed by atoms with Crippen molar-refractivity contribution in [3.63, 3.8) is 0 Å². The molecule has 3 aromatic rings. The van der Waals surface area contributed by atoms with Crippen LogP contribution in [0, 0.1) is 5.82 Å². The number of anilines is 2. The summed E-state index contributed by atoms with van der Waals surface area (Å²) in [6, 6.07) is 16.0. The summed E-state index contributed by atoms with van der Waals surface area (Å²) in [5, 5.41) is 19.6. The maximum atomic E-state index is 12.7. The van der Waals surface area contributed by atoms with E-state index in [1.54, 1.807) is 49.4 Å². The molecule has 0 saturated carbocycles. The van der Waals surface area contributed by atoms with Crippen molar-refractivity contribution in [2.45, 2.75) is 6.42 Å². The molecule has 0 aliphatic heterocycles. The third kappa shape index (κ3) is 7.19. The van der Waals surface area contributed by atoms with E-state index >= 15 is 0 Å². The van der Waals surface area contributed by atoms with E-state index in [4.69, 9.17) is 11.5 Å². The minimum absolute atomic E-state index is 0.133. The number of nitrogens with one attached hydrogen (secondary N) is 1. The summed E-state index contributed by atoms with van der Waals surface area (Å²) in [6.45, 7) is 0. The van der Waals surface area contributed by atoms with Crippen LogP contribution in [0.3, 0.4) is 0 Å². The SMILES string of the molecule is CN(C)N=Nc1ccc(C(=O)[O-])cc1.Nc1ccc(Cc2ccc(F)cc2)c(N)[nH+]1. The number of halogens is 1. The first kappa shape index (κ1) is 22.3. The van der Waals surface area contributed by atoms with Crippen LogP contribution in [0.4, 0.5) is 21.7 Å². The van der Waals surface area contributed by atoms with Crippen molar-refractivity contribution in [3.8, 4) is 0 Å². The van der Waals surface area contributed by atoms with Gasteiger partial charge in [-0.1, -0.05) is 29.5 Å². The largest absolute Gasteiger partial charge is 0.545 e. The summed E-state index contributed by atoms with van der Waals surface area (Å²) in [5.41, 5.74) is 14.0. The Labute approximate surface area is 173 Å². The average molecular weight is 410 g/mol. The van der Waals surface area contributed by atoms with Gasteiger partial charge in [0.2, 0.25) is 11.6 Å². The van der Waals surface area contributed by atoms with Crippen molar-refractivity contribution in [2.75, 3.05) is 25.6 Å². The molecule has 5 N–H and O–H groups in total. The maximum Gasteiger partial charge on any atom is 0.220 e. The minimum Gasteiger partial charge on any atom is -0.545 e. The first-order chi connectivity index (χ1) is 14.2. The molecular formula is C21H23FN6O2. The second-order valence-electron chi connectivity index (χ2n) is 6.53. The fourth-order valence-electron chi connectivity index (χ4n) is 2.34. The Morgan fingerprint density at radius 3 is 2.20 bits per heavy atom. The molecule has 0 bridgehead atoms. The van der Waals surface area contributed by atoms with Gasteiger partial charge < -0.3 is 21.4 Å². The Hall–Kier alpha value is -4.01. The molecule has 0 unspecified atom stereocenters. The molecule has 1 heterocycles. The minimum atomic E-state index is -1.19. The second-order valence-corrected chi connectivity index (χ2v) is 6.53. The molecule has 156 valence electrons. The third-order valence-electron chi connectivity index (χ3n) is 3.84. The Balaban J connectivity index is 0.000000216. The van der Waals surface area contributed by atoms with Gasteiger partial charge in [0.05, 0.1) is 11.7 Å². The van der Waals surface area contributed by atoms with E-state index < -0.39 is 5.97 Å². The third-order valence-corrected chi connectivity index (χ3v) is 3.84. The highest BCUT2D eigenvalue weighted by Gasteiger charge is 2.05. The zero-order chi connectivity index (χ0) is 22.1. The monoisotopic (exact) mass is 410 g/mol. The lowest BCUT2D eigenvalue weighted by Crippen LogP contribution is -2.21. The predicted molar refractivity (Wildman–Crippen MR) is 110 cm³/mol. The van der Waals surface area contributed by atoms with E-state index in [-0.39, 0.29) is 11.4 Å². The Morgan fingerprint density at radius 1 is 1.03 bits per heavy atom. The highest BCUT2D eigenvalue weighted by molar-refractivity contribution is 5.86. The van der Waals surface area contributed by atoms with Crippen LogP contribution < -0.4 is 21.6 Å². The summed E-state index contributed by atoms with van der Waals surface area (Å²) in [6.07, 6.45) is 0.656. The van der Waals surface area contributed by atoms with Gasteiger partial charge in [0.25, 0.3) is 0 Å². The van der Waals surface area contributed by atoms with Gasteiger partial charge in [0.15, 0.2) is 0 Å². The summed E-state index contributed by atoms with van der Waals surface area (Å²) >= 11 is 0. The normalized spacial score (nSPS) is 10.4. The van der Waals surface area contributed by atoms with Gasteiger partial charge in [0.1, 0.15) is 5.82 Å². The Morgan fingerprint density at radius 2 is 1.67 bits per heavy atom. The molecule has 30 heavy (non-hydrogen) atoms. The number of H-pyrrole nitrogens is 1. The molecule has 9 heteroatoms. The van der Waals surface area contributed by atoms with E-state index in [0.717, 1.165) is 11.1 Å². The van der Waals surface area contributed by atoms with E-state index in [1.807, 2.05) is 6.07 Å². The number of carboxylic acids is 1. The fourth-order valence-corrected chi connectivity index (χ4v) is 2.34. The number of carboxylic acid groups (broad SMARTS) is 1. The molecule has 3 rings (SSSR count). The van der Waals surface area contributed by atoms with Crippen LogP contribution in [0.5, 0.6) is 0 Å². The van der Waals surface area contributed by atoms with Gasteiger partial charge >= 0.3 is 0 Å². The maximum absolute atomic E-state index is 12.7. The second kappa shape index (κ2) is 10.5. The lowest BCUT2D eigenvalue weighted by molar-refractivity contribution is -0.343. The number of benzene rings is 2. The Bertz CT molecular complexity index is 1010. The highest BCUT2D eigenvalue weighted by atomic mass is 19.1. The van der Waals surface area contributed by atoms with Crippen molar-refractivity contribution in [1.29, 1.82) is 0 Å². The van der Waals surface area contributed by atoms with Gasteiger partial charge in [-0.05, 0) is 41.5 Å². The number of nitrogen functional groups attached to an aromatic ring is 2. The fraction of sp³-hybridized carbons (Fsp3) is 0.143. The summed E-state index contributed by atoms with van der Waals surface area (Å²) in [5.74, 6) is -0.355. The van der Waals surface area contributed by atoms with Crippen molar-refractivity contribution in [3.05, 3.63) is 83.2 Å². The molecule has 0 aliphatic rings. The predicted octanol–water partition coefficient (Wildman–Crippen LogP) is 2.01. The van der Waals surface area contributed by atoms with Crippen LogP contribution in [-0.2, 0) is 6.42 Å². The van der Waals surface area contributed by atoms with Crippen LogP contribution in [0.2, 0.25) is 0 Å². The van der Waals surface area contributed by atoms with Gasteiger partial charge in [0, 0.05) is 32.1 Å². The van der Waals surface area contributed by atoms with Gasteiger partial charge in [-0.2, -0.15) is 0 Å². The standard InChI is InChI=1S/C12H12FN3.C9H11N3O2/c13-10-4-1-8(2-5-10)7-9-3-6-11(14)16-12(9)15;1-12(2)11-10-8-5-3-7(4-6-8)9(13)14/h1-6H,7H2,(H4,14,15,16);3-6H,1-2H3,(H,13,14). The zero-order valence-corrected chi connectivity index (χ0v) is 16.7. The number of nitrogens with two attached hydrogens (primary N) is 2. The van der Waals surface area contributed by atoms with Crippen LogP contribution in [-0.4, -0.2) is 25.1 Å². The summed E-state index contributed by atoms with van der Waals surface area (Å²) < 4.78 is 12.7. The van der Waals surface area contributed by atoms with Crippen LogP contribution >= 0.6 is 0 Å². The molecule has 0 saturated heterocycles. The molecule has 0 aliphatic carbocycles. The van der Waals surface area contributed by atoms with Gasteiger partial charge in [-0.25, -0.2) is 9.37 Å². The summed E-state index contributed by atoms with van der Waals surface area (Å²) in [4.78, 5) is 13.3. The van der Waals surface area contributed by atoms with E-state index in [2.05, 4.69) is 15.3 Å². The number of aromatic carboxylic acids is 1. The lowest BCUT2D eigenvalue weighted by Gasteiger charge is -2.03. The van der Waals surface area contributed by atoms with E-state index in [0.29, 0.717) is 23.7 Å². The number of pyridine rings is 1. The molecule has 0 atom stereocenters. The van der Waals surface area contributed by atoms with Crippen LogP contribution in [0.15, 0.2) is 71.0 Å². The van der Waals surface area contributed by atoms with E-state index in [1.165, 1.54) is 24.3 Å². The number of hydrogen-bond acceptors (Lipinski definition) is 6. The number of aromatic nitrogens is 1. The molecule has 1 aromatic heterocycles. The number of nitrogens with zero attached hydrogens (tertiary/aromatic N) is 3. The number of carbonyl (C=O) groups excluding carboxylic acids is 1. The first-order valence-corrected chi connectivity index (χ1v) is 8.95. The lowest BCUT2D eigenvalue weighted by atomic mass is 10.1. The number of aromatic amines is 1. The quantitative estimate of drug-likeness (QED) is 0.490. The van der Waals surface area contributed by atoms with Crippen LogP contribution in [0.25, 0.3) is 0 Å². The van der Waals surface area contributed by atoms with Crippen molar-refractivity contribution in [1.82, 2.24) is 5.01 Å². The topological polar surface area (TPSA) is 134 Å². The molecule has 8 nitrogen and oxygen atoms in total. The van der Waals surface area contributed by atoms with Gasteiger partial charge in [-0.3, -0.25) is 5.01 Å². The average Bonchev–Trinajstić information content (AvgIpc) is 2.71. The van der Waals surface area contributed by atoms with Crippen molar-refractivity contribution >= 4 is 23.3 Å². The molecular weight excluding hydrogens is 387 g/mol. The first-order valence-electron chi connectivity index (χ1n) is 8.95. The van der Waals surface area contributed by atoms with Crippen molar-refractivity contribution in [2.24, 2.45) is 10.3 Å². The van der Waals surface area contributed by atoms with E-state index in [9.17, 15) is 14.3 Å². The molecule has 0 fully saturated rings. The number of rotatable bonds is 5. The molecule has 0 radical (unpaired) electrons. The van der Waals surface area contributed by atoms with Crippen LogP contribution in [0.1, 0.15) is 21.5 Å². The smallest absolute Gasteiger partial charge is 0.220 e. The van der Waals surface area contributed by atoms with Crippen molar-refractivity contribution < 1.29 is 19.3 Å². The number of carbonyl (C=O) groups is 1. The molecule has 0 amide bonds. The van der Waals surface area contributed by atoms with Gasteiger partial charge in [-0.15, -0.1) is 5.11 Å². The molecule has 2 aromatic carbocycles. The number of hydrogen-bond donors (Lipinski definition) is 2. The molecule has 0 spiro atoms. The Kier molecular flexibility index (Phi) is 7.81. The summed E-state index contributed by atoms with van der Waals surface area (Å²) in [7, 11) is 3.50. The zero-order valence-electron chi connectivity index (χ0n) is 16.7. The highest BCUT2D eigenvalue weighted by Crippen LogP contribution is 2.14.